The lowest BCUT2D eigenvalue weighted by Gasteiger charge is -2.44. The van der Waals surface area contributed by atoms with Gasteiger partial charge < -0.3 is 19.1 Å². The first-order valence-corrected chi connectivity index (χ1v) is 9.82. The quantitative estimate of drug-likeness (QED) is 0.755. The number of hydrogen-bond acceptors (Lipinski definition) is 5. The molecule has 7 heteroatoms. The van der Waals surface area contributed by atoms with Crippen LogP contribution in [-0.4, -0.2) is 48.3 Å². The molecule has 1 amide bonds. The van der Waals surface area contributed by atoms with E-state index in [-0.39, 0.29) is 18.0 Å². The Hall–Kier alpha value is -2.67. The topological polar surface area (TPSA) is 84.4 Å². The lowest BCUT2D eigenvalue weighted by molar-refractivity contribution is -0.0533. The van der Waals surface area contributed by atoms with Crippen LogP contribution in [0, 0.1) is 13.8 Å². The van der Waals surface area contributed by atoms with Crippen LogP contribution in [0.4, 0.5) is 0 Å². The summed E-state index contributed by atoms with van der Waals surface area (Å²) in [6.07, 6.45) is 8.64. The van der Waals surface area contributed by atoms with Gasteiger partial charge in [-0.05, 0) is 51.7 Å². The van der Waals surface area contributed by atoms with Crippen LogP contribution in [0.3, 0.4) is 0 Å². The second kappa shape index (κ2) is 6.17. The van der Waals surface area contributed by atoms with Crippen molar-refractivity contribution in [1.29, 1.82) is 0 Å². The predicted octanol–water partition coefficient (Wildman–Crippen LogP) is 2.84. The molecule has 3 aromatic heterocycles. The first-order chi connectivity index (χ1) is 13.5. The number of rotatable bonds is 3. The van der Waals surface area contributed by atoms with E-state index in [4.69, 9.17) is 4.52 Å². The van der Waals surface area contributed by atoms with Crippen molar-refractivity contribution in [3.8, 4) is 0 Å². The Labute approximate surface area is 162 Å². The predicted molar refractivity (Wildman–Crippen MR) is 103 cm³/mol. The second-order valence-electron chi connectivity index (χ2n) is 8.31. The van der Waals surface area contributed by atoms with Gasteiger partial charge in [0.1, 0.15) is 11.3 Å². The molecule has 2 bridgehead atoms. The molecule has 2 atom stereocenters. The standard InChI is InChI=1S/C21H24N4O3/c1-13-19(14(2)28-23-13)20(26)25-16-3-4-17(25)10-21(27,9-16)12-24-8-6-15-5-7-22-11-18(15)24/h5-8,11,16-17,27H,3-4,9-10,12H2,1-2H3. The van der Waals surface area contributed by atoms with E-state index in [0.717, 1.165) is 23.7 Å². The van der Waals surface area contributed by atoms with E-state index in [1.165, 1.54) is 0 Å². The molecule has 28 heavy (non-hydrogen) atoms. The van der Waals surface area contributed by atoms with Crippen molar-refractivity contribution in [2.75, 3.05) is 0 Å². The summed E-state index contributed by atoms with van der Waals surface area (Å²) in [7, 11) is 0. The van der Waals surface area contributed by atoms with Crippen LogP contribution in [-0.2, 0) is 6.54 Å². The molecule has 7 nitrogen and oxygen atoms in total. The highest BCUT2D eigenvalue weighted by Crippen LogP contribution is 2.43. The fourth-order valence-electron chi connectivity index (χ4n) is 5.18. The fraction of sp³-hybridized carbons (Fsp3) is 0.476. The number of aromatic nitrogens is 3. The summed E-state index contributed by atoms with van der Waals surface area (Å²) >= 11 is 0. The zero-order chi connectivity index (χ0) is 19.5. The van der Waals surface area contributed by atoms with Crippen LogP contribution < -0.4 is 0 Å². The number of nitrogens with zero attached hydrogens (tertiary/aromatic N) is 4. The van der Waals surface area contributed by atoms with Crippen molar-refractivity contribution in [2.45, 2.75) is 63.8 Å². The normalized spacial score (nSPS) is 26.9. The van der Waals surface area contributed by atoms with E-state index in [2.05, 4.69) is 14.7 Å². The molecule has 2 unspecified atom stereocenters. The van der Waals surface area contributed by atoms with E-state index in [0.29, 0.717) is 36.4 Å². The largest absolute Gasteiger partial charge is 0.388 e. The Morgan fingerprint density at radius 3 is 2.71 bits per heavy atom. The van der Waals surface area contributed by atoms with Gasteiger partial charge >= 0.3 is 0 Å². The summed E-state index contributed by atoms with van der Waals surface area (Å²) in [5.41, 5.74) is 1.40. The van der Waals surface area contributed by atoms with Crippen LogP contribution in [0.15, 0.2) is 35.2 Å². The summed E-state index contributed by atoms with van der Waals surface area (Å²) in [4.78, 5) is 19.4. The highest BCUT2D eigenvalue weighted by atomic mass is 16.5. The Balaban J connectivity index is 1.40. The molecule has 2 aliphatic rings. The Morgan fingerprint density at radius 1 is 1.29 bits per heavy atom. The van der Waals surface area contributed by atoms with Crippen molar-refractivity contribution >= 4 is 16.8 Å². The van der Waals surface area contributed by atoms with Gasteiger partial charge in [-0.15, -0.1) is 0 Å². The lowest BCUT2D eigenvalue weighted by Crippen LogP contribution is -2.54. The number of aryl methyl sites for hydroxylation is 2. The molecular formula is C21H24N4O3. The van der Waals surface area contributed by atoms with Crippen molar-refractivity contribution in [3.05, 3.63) is 47.7 Å². The van der Waals surface area contributed by atoms with E-state index >= 15 is 0 Å². The van der Waals surface area contributed by atoms with Gasteiger partial charge in [0, 0.05) is 29.9 Å². The van der Waals surface area contributed by atoms with Gasteiger partial charge in [-0.2, -0.15) is 0 Å². The molecular weight excluding hydrogens is 356 g/mol. The molecule has 5 rings (SSSR count). The SMILES string of the molecule is Cc1noc(C)c1C(=O)N1C2CCC1CC(O)(Cn1ccc3ccncc31)C2. The summed E-state index contributed by atoms with van der Waals surface area (Å²) in [6, 6.07) is 4.12. The maximum Gasteiger partial charge on any atom is 0.259 e. The number of fused-ring (bicyclic) bond motifs is 3. The molecule has 1 N–H and O–H groups in total. The van der Waals surface area contributed by atoms with E-state index in [1.54, 1.807) is 20.0 Å². The smallest absolute Gasteiger partial charge is 0.259 e. The molecule has 146 valence electrons. The highest BCUT2D eigenvalue weighted by molar-refractivity contribution is 5.96. The first-order valence-electron chi connectivity index (χ1n) is 9.82. The zero-order valence-electron chi connectivity index (χ0n) is 16.1. The van der Waals surface area contributed by atoms with Gasteiger partial charge in [0.2, 0.25) is 0 Å². The van der Waals surface area contributed by atoms with E-state index in [1.807, 2.05) is 29.4 Å². The third kappa shape index (κ3) is 2.64. The number of pyridine rings is 1. The van der Waals surface area contributed by atoms with Crippen LogP contribution >= 0.6 is 0 Å². The molecule has 2 fully saturated rings. The maximum atomic E-state index is 13.2. The minimum atomic E-state index is -0.830. The molecule has 0 aromatic carbocycles. The molecule has 0 saturated carbocycles. The van der Waals surface area contributed by atoms with Crippen LogP contribution in [0.25, 0.3) is 10.9 Å². The monoisotopic (exact) mass is 380 g/mol. The number of carbonyl (C=O) groups excluding carboxylic acids is 1. The van der Waals surface area contributed by atoms with Crippen LogP contribution in [0.1, 0.15) is 47.5 Å². The summed E-state index contributed by atoms with van der Waals surface area (Å²) < 4.78 is 7.27. The van der Waals surface area contributed by atoms with Crippen molar-refractivity contribution < 1.29 is 14.4 Å². The third-order valence-electron chi connectivity index (χ3n) is 6.37. The van der Waals surface area contributed by atoms with Crippen molar-refractivity contribution in [2.24, 2.45) is 0 Å². The Bertz CT molecular complexity index is 1020. The molecule has 0 spiro atoms. The summed E-state index contributed by atoms with van der Waals surface area (Å²) in [5, 5.41) is 16.5. The lowest BCUT2D eigenvalue weighted by atomic mass is 9.85. The van der Waals surface area contributed by atoms with Crippen molar-refractivity contribution in [1.82, 2.24) is 19.6 Å². The zero-order valence-corrected chi connectivity index (χ0v) is 16.1. The maximum absolute atomic E-state index is 13.2. The summed E-state index contributed by atoms with van der Waals surface area (Å²) in [5.74, 6) is 0.551. The number of carbonyl (C=O) groups is 1. The Morgan fingerprint density at radius 2 is 2.04 bits per heavy atom. The first kappa shape index (κ1) is 17.4. The third-order valence-corrected chi connectivity index (χ3v) is 6.37. The van der Waals surface area contributed by atoms with Crippen LogP contribution in [0.2, 0.25) is 0 Å². The van der Waals surface area contributed by atoms with E-state index < -0.39 is 5.60 Å². The van der Waals surface area contributed by atoms with Crippen molar-refractivity contribution in [3.63, 3.8) is 0 Å². The fourth-order valence-corrected chi connectivity index (χ4v) is 5.18. The number of amides is 1. The molecule has 3 aromatic rings. The molecule has 5 heterocycles. The minimum Gasteiger partial charge on any atom is -0.388 e. The van der Waals surface area contributed by atoms with Crippen LogP contribution in [0.5, 0.6) is 0 Å². The average Bonchev–Trinajstić information content (AvgIpc) is 3.30. The Kier molecular flexibility index (Phi) is 3.84. The van der Waals surface area contributed by atoms with Gasteiger partial charge in [0.05, 0.1) is 29.6 Å². The molecule has 0 aliphatic carbocycles. The molecule has 2 saturated heterocycles. The van der Waals surface area contributed by atoms with Gasteiger partial charge in [-0.3, -0.25) is 9.78 Å². The highest BCUT2D eigenvalue weighted by Gasteiger charge is 2.50. The molecule has 0 radical (unpaired) electrons. The summed E-state index contributed by atoms with van der Waals surface area (Å²) in [6.45, 7) is 4.10. The van der Waals surface area contributed by atoms with E-state index in [9.17, 15) is 9.90 Å². The number of piperidine rings is 1. The second-order valence-corrected chi connectivity index (χ2v) is 8.31. The molecule has 2 aliphatic heterocycles. The van der Waals surface area contributed by atoms with Gasteiger partial charge in [-0.1, -0.05) is 5.16 Å². The van der Waals surface area contributed by atoms with Gasteiger partial charge in [-0.25, -0.2) is 0 Å². The number of hydrogen-bond donors (Lipinski definition) is 1. The number of aliphatic hydroxyl groups is 1. The average molecular weight is 380 g/mol. The van der Waals surface area contributed by atoms with Gasteiger partial charge in [0.15, 0.2) is 0 Å². The minimum absolute atomic E-state index is 0.0126. The van der Waals surface area contributed by atoms with Gasteiger partial charge in [0.25, 0.3) is 5.91 Å².